The lowest BCUT2D eigenvalue weighted by Gasteiger charge is -2.17. The summed E-state index contributed by atoms with van der Waals surface area (Å²) in [5, 5.41) is 3.21. The molecule has 0 rings (SSSR count). The third kappa shape index (κ3) is 17.2. The molecule has 0 saturated heterocycles. The van der Waals surface area contributed by atoms with Gasteiger partial charge in [0.25, 0.3) is 0 Å². The van der Waals surface area contributed by atoms with Gasteiger partial charge in [-0.15, -0.1) is 0 Å². The molecule has 0 spiro atoms. The van der Waals surface area contributed by atoms with E-state index < -0.39 is 0 Å². The highest BCUT2D eigenvalue weighted by atomic mass is 16.5. The summed E-state index contributed by atoms with van der Waals surface area (Å²) in [5.41, 5.74) is 0. The number of hydrogen-bond donors (Lipinski definition) is 1. The van der Waals surface area contributed by atoms with Gasteiger partial charge in [0, 0.05) is 25.8 Å². The summed E-state index contributed by atoms with van der Waals surface area (Å²) in [5.74, 6) is -0.0727. The van der Waals surface area contributed by atoms with Crippen molar-refractivity contribution in [3.63, 3.8) is 0 Å². The van der Waals surface area contributed by atoms with E-state index in [2.05, 4.69) is 12.2 Å². The average molecular weight is 414 g/mol. The number of unbranched alkanes of at least 4 members (excludes halogenated alkanes) is 7. The number of esters is 2. The lowest BCUT2D eigenvalue weighted by atomic mass is 10.0. The topological polar surface area (TPSA) is 81.7 Å². The predicted molar refractivity (Wildman–Crippen MR) is 116 cm³/mol. The molecule has 0 bridgehead atoms. The number of hydrogen-bond acceptors (Lipinski definition) is 6. The number of nitrogens with one attached hydrogen (secondary N) is 1. The van der Waals surface area contributed by atoms with Gasteiger partial charge in [-0.25, -0.2) is 0 Å². The van der Waals surface area contributed by atoms with Crippen LogP contribution in [0.25, 0.3) is 0 Å². The molecule has 0 aliphatic heterocycles. The minimum absolute atomic E-state index is 0.111. The van der Waals surface area contributed by atoms with Crippen molar-refractivity contribution in [1.82, 2.24) is 5.32 Å². The Bertz CT molecular complexity index is 439. The average Bonchev–Trinajstić information content (AvgIpc) is 2.69. The number of rotatable bonds is 20. The van der Waals surface area contributed by atoms with Crippen molar-refractivity contribution in [2.45, 2.75) is 110 Å². The molecule has 0 radical (unpaired) electrons. The maximum atomic E-state index is 12.1. The van der Waals surface area contributed by atoms with Crippen molar-refractivity contribution >= 4 is 17.7 Å². The van der Waals surface area contributed by atoms with E-state index in [1.807, 2.05) is 13.8 Å². The summed E-state index contributed by atoms with van der Waals surface area (Å²) in [6.45, 7) is 7.10. The van der Waals surface area contributed by atoms with E-state index in [1.54, 1.807) is 0 Å². The Kier molecular flexibility index (Phi) is 18.9. The van der Waals surface area contributed by atoms with Gasteiger partial charge in [-0.3, -0.25) is 14.4 Å². The van der Waals surface area contributed by atoms with Gasteiger partial charge in [-0.1, -0.05) is 51.9 Å². The second-order valence-electron chi connectivity index (χ2n) is 7.47. The summed E-state index contributed by atoms with van der Waals surface area (Å²) in [6, 6.07) is -0.331. The first-order valence-corrected chi connectivity index (χ1v) is 11.6. The van der Waals surface area contributed by atoms with Crippen LogP contribution in [0.3, 0.4) is 0 Å². The molecular formula is C23H43NO5. The van der Waals surface area contributed by atoms with Crippen LogP contribution in [0.2, 0.25) is 0 Å². The number of carbonyl (C=O) groups is 3. The summed E-state index contributed by atoms with van der Waals surface area (Å²) < 4.78 is 10.1. The molecule has 0 heterocycles. The van der Waals surface area contributed by atoms with Crippen molar-refractivity contribution in [3.05, 3.63) is 0 Å². The van der Waals surface area contributed by atoms with Crippen LogP contribution in [-0.4, -0.2) is 43.5 Å². The van der Waals surface area contributed by atoms with Crippen molar-refractivity contribution in [2.24, 2.45) is 0 Å². The molecular weight excluding hydrogens is 370 g/mol. The van der Waals surface area contributed by atoms with Crippen molar-refractivity contribution < 1.29 is 23.9 Å². The second kappa shape index (κ2) is 19.9. The Morgan fingerprint density at radius 3 is 2.00 bits per heavy atom. The molecule has 0 saturated carbocycles. The molecule has 1 N–H and O–H groups in total. The standard InChI is InChI=1S/C23H43NO5/c1-4-7-12-15-20(25)18-19-24-21(23(27)29-6-3)16-13-10-8-9-11-14-17-22(26)28-5-2/h21,24H,4-19H2,1-3H3. The van der Waals surface area contributed by atoms with Crippen LogP contribution in [-0.2, 0) is 23.9 Å². The van der Waals surface area contributed by atoms with Gasteiger partial charge in [0.15, 0.2) is 0 Å². The fraction of sp³-hybridized carbons (Fsp3) is 0.870. The van der Waals surface area contributed by atoms with E-state index in [1.165, 1.54) is 0 Å². The first-order chi connectivity index (χ1) is 14.0. The highest BCUT2D eigenvalue weighted by Crippen LogP contribution is 2.11. The molecule has 0 aromatic carbocycles. The molecule has 6 heteroatoms. The molecule has 0 amide bonds. The molecule has 6 nitrogen and oxygen atoms in total. The zero-order valence-electron chi connectivity index (χ0n) is 18.9. The zero-order valence-corrected chi connectivity index (χ0v) is 18.9. The number of carbonyl (C=O) groups excluding carboxylic acids is 3. The maximum absolute atomic E-state index is 12.1. The van der Waals surface area contributed by atoms with Crippen LogP contribution in [0.1, 0.15) is 104 Å². The number of ether oxygens (including phenoxy) is 2. The van der Waals surface area contributed by atoms with E-state index in [4.69, 9.17) is 9.47 Å². The molecule has 170 valence electrons. The monoisotopic (exact) mass is 413 g/mol. The molecule has 0 aromatic rings. The SMILES string of the molecule is CCCCCC(=O)CCNC(CCCCCCCCC(=O)OCC)C(=O)OCC. The first-order valence-electron chi connectivity index (χ1n) is 11.6. The molecule has 0 aliphatic carbocycles. The van der Waals surface area contributed by atoms with Crippen molar-refractivity contribution in [3.8, 4) is 0 Å². The third-order valence-electron chi connectivity index (χ3n) is 4.85. The zero-order chi connectivity index (χ0) is 21.7. The lowest BCUT2D eigenvalue weighted by Crippen LogP contribution is -2.39. The summed E-state index contributed by atoms with van der Waals surface area (Å²) in [6.07, 6.45) is 11.6. The highest BCUT2D eigenvalue weighted by molar-refractivity contribution is 5.79. The third-order valence-corrected chi connectivity index (χ3v) is 4.85. The highest BCUT2D eigenvalue weighted by Gasteiger charge is 2.18. The quantitative estimate of drug-likeness (QED) is 0.229. The van der Waals surface area contributed by atoms with Crippen LogP contribution in [0.5, 0.6) is 0 Å². The Morgan fingerprint density at radius 1 is 0.724 bits per heavy atom. The number of ketones is 1. The van der Waals surface area contributed by atoms with Gasteiger partial charge in [0.1, 0.15) is 11.8 Å². The summed E-state index contributed by atoms with van der Waals surface area (Å²) in [4.78, 5) is 35.3. The van der Waals surface area contributed by atoms with Crippen molar-refractivity contribution in [2.75, 3.05) is 19.8 Å². The van der Waals surface area contributed by atoms with Gasteiger partial charge < -0.3 is 14.8 Å². The molecule has 29 heavy (non-hydrogen) atoms. The Balaban J connectivity index is 3.93. The van der Waals surface area contributed by atoms with Crippen LogP contribution in [0.4, 0.5) is 0 Å². The largest absolute Gasteiger partial charge is 0.466 e. The summed E-state index contributed by atoms with van der Waals surface area (Å²) >= 11 is 0. The maximum Gasteiger partial charge on any atom is 0.323 e. The smallest absolute Gasteiger partial charge is 0.323 e. The lowest BCUT2D eigenvalue weighted by molar-refractivity contribution is -0.146. The minimum atomic E-state index is -0.331. The van der Waals surface area contributed by atoms with Crippen LogP contribution >= 0.6 is 0 Å². The van der Waals surface area contributed by atoms with Gasteiger partial charge in [-0.05, 0) is 33.1 Å². The second-order valence-corrected chi connectivity index (χ2v) is 7.47. The predicted octanol–water partition coefficient (Wildman–Crippen LogP) is 4.73. The first kappa shape index (κ1) is 27.6. The molecule has 0 aromatic heterocycles. The normalized spacial score (nSPS) is 11.8. The molecule has 0 fully saturated rings. The van der Waals surface area contributed by atoms with E-state index >= 15 is 0 Å². The minimum Gasteiger partial charge on any atom is -0.466 e. The van der Waals surface area contributed by atoms with E-state index in [-0.39, 0.29) is 23.8 Å². The van der Waals surface area contributed by atoms with E-state index in [0.717, 1.165) is 64.2 Å². The van der Waals surface area contributed by atoms with Crippen LogP contribution < -0.4 is 5.32 Å². The van der Waals surface area contributed by atoms with Gasteiger partial charge >= 0.3 is 11.9 Å². The van der Waals surface area contributed by atoms with Gasteiger partial charge in [0.05, 0.1) is 13.2 Å². The fourth-order valence-corrected chi connectivity index (χ4v) is 3.19. The molecule has 1 atom stereocenters. The van der Waals surface area contributed by atoms with E-state index in [9.17, 15) is 14.4 Å². The van der Waals surface area contributed by atoms with E-state index in [0.29, 0.717) is 39.0 Å². The molecule has 1 unspecified atom stereocenters. The molecule has 0 aliphatic rings. The van der Waals surface area contributed by atoms with Gasteiger partial charge in [0.2, 0.25) is 0 Å². The summed E-state index contributed by atoms with van der Waals surface area (Å²) in [7, 11) is 0. The number of Topliss-reactive ketones (excluding diaryl/α,β-unsaturated/α-hetero) is 1. The van der Waals surface area contributed by atoms with Gasteiger partial charge in [-0.2, -0.15) is 0 Å². The fourth-order valence-electron chi connectivity index (χ4n) is 3.19. The van der Waals surface area contributed by atoms with Crippen LogP contribution in [0.15, 0.2) is 0 Å². The Morgan fingerprint density at radius 2 is 1.34 bits per heavy atom. The van der Waals surface area contributed by atoms with Crippen molar-refractivity contribution in [1.29, 1.82) is 0 Å². The van der Waals surface area contributed by atoms with Crippen LogP contribution in [0, 0.1) is 0 Å². The Hall–Kier alpha value is -1.43. The Labute approximate surface area is 177 Å².